The smallest absolute Gasteiger partial charge is 0.265 e. The first-order chi connectivity index (χ1) is 10.2. The van der Waals surface area contributed by atoms with Crippen molar-refractivity contribution in [3.8, 4) is 0 Å². The lowest BCUT2D eigenvalue weighted by molar-refractivity contribution is 0.0751. The van der Waals surface area contributed by atoms with Crippen LogP contribution in [-0.2, 0) is 0 Å². The molecule has 5 nitrogen and oxygen atoms in total. The number of anilines is 2. The number of nitrogens with two attached hydrogens (primary N) is 1. The number of nitrogens with zero attached hydrogens (tertiary/aromatic N) is 3. The van der Waals surface area contributed by atoms with Crippen molar-refractivity contribution < 1.29 is 4.79 Å². The van der Waals surface area contributed by atoms with E-state index in [9.17, 15) is 4.79 Å². The van der Waals surface area contributed by atoms with Gasteiger partial charge in [0.25, 0.3) is 5.91 Å². The fourth-order valence-corrected chi connectivity index (χ4v) is 3.49. The average molecular weight is 323 g/mol. The highest BCUT2D eigenvalue weighted by atomic mass is 35.5. The van der Waals surface area contributed by atoms with Crippen molar-refractivity contribution in [2.24, 2.45) is 0 Å². The summed E-state index contributed by atoms with van der Waals surface area (Å²) in [6.07, 6.45) is 1.73. The van der Waals surface area contributed by atoms with Crippen LogP contribution in [0.15, 0.2) is 29.8 Å². The van der Waals surface area contributed by atoms with Crippen molar-refractivity contribution in [1.82, 2.24) is 9.88 Å². The van der Waals surface area contributed by atoms with Gasteiger partial charge in [-0.15, -0.1) is 11.3 Å². The molecule has 0 saturated carbocycles. The van der Waals surface area contributed by atoms with Gasteiger partial charge >= 0.3 is 0 Å². The highest BCUT2D eigenvalue weighted by Crippen LogP contribution is 2.25. The summed E-state index contributed by atoms with van der Waals surface area (Å²) in [5, 5.41) is 2.36. The van der Waals surface area contributed by atoms with Gasteiger partial charge in [-0.1, -0.05) is 11.6 Å². The quantitative estimate of drug-likeness (QED) is 0.922. The number of aromatic nitrogens is 1. The molecule has 1 amide bonds. The van der Waals surface area contributed by atoms with E-state index in [1.54, 1.807) is 12.3 Å². The maximum Gasteiger partial charge on any atom is 0.265 e. The normalized spacial score (nSPS) is 15.3. The second-order valence-electron chi connectivity index (χ2n) is 4.79. The van der Waals surface area contributed by atoms with Gasteiger partial charge in [0.05, 0.1) is 10.7 Å². The van der Waals surface area contributed by atoms with Crippen LogP contribution in [0.5, 0.6) is 0 Å². The number of pyridine rings is 1. The van der Waals surface area contributed by atoms with Gasteiger partial charge < -0.3 is 15.5 Å². The van der Waals surface area contributed by atoms with E-state index in [1.165, 1.54) is 11.3 Å². The van der Waals surface area contributed by atoms with Crippen molar-refractivity contribution in [3.05, 3.63) is 39.7 Å². The summed E-state index contributed by atoms with van der Waals surface area (Å²) in [4.78, 5) is 21.2. The summed E-state index contributed by atoms with van der Waals surface area (Å²) in [6.45, 7) is 2.72. The Morgan fingerprint density at radius 2 is 2.05 bits per heavy atom. The number of hydrogen-bond acceptors (Lipinski definition) is 5. The first kappa shape index (κ1) is 14.2. The molecule has 1 aliphatic heterocycles. The van der Waals surface area contributed by atoms with Crippen molar-refractivity contribution in [3.63, 3.8) is 0 Å². The lowest BCUT2D eigenvalue weighted by Crippen LogP contribution is -2.49. The number of carbonyl (C=O) groups excluding carboxylic acids is 1. The zero-order chi connectivity index (χ0) is 14.8. The third kappa shape index (κ3) is 2.82. The molecule has 110 valence electrons. The number of rotatable bonds is 2. The molecular weight excluding hydrogens is 308 g/mol. The zero-order valence-corrected chi connectivity index (χ0v) is 12.9. The summed E-state index contributed by atoms with van der Waals surface area (Å²) in [5.41, 5.74) is 6.61. The van der Waals surface area contributed by atoms with Crippen molar-refractivity contribution >= 4 is 40.4 Å². The van der Waals surface area contributed by atoms with E-state index in [2.05, 4.69) is 9.88 Å². The summed E-state index contributed by atoms with van der Waals surface area (Å²) in [5.74, 6) is 0.794. The highest BCUT2D eigenvalue weighted by Gasteiger charge is 2.25. The number of carbonyl (C=O) groups is 1. The van der Waals surface area contributed by atoms with Gasteiger partial charge in [-0.3, -0.25) is 4.79 Å². The summed E-state index contributed by atoms with van der Waals surface area (Å²) in [7, 11) is 0. The summed E-state index contributed by atoms with van der Waals surface area (Å²) < 4.78 is 0. The van der Waals surface area contributed by atoms with Crippen LogP contribution in [-0.4, -0.2) is 42.0 Å². The third-order valence-electron chi connectivity index (χ3n) is 3.49. The minimum absolute atomic E-state index is 0.00337. The van der Waals surface area contributed by atoms with Crippen molar-refractivity contribution in [2.75, 3.05) is 36.8 Å². The van der Waals surface area contributed by atoms with Crippen LogP contribution in [0.3, 0.4) is 0 Å². The molecule has 3 heterocycles. The number of amides is 1. The molecular formula is C14H15ClN4OS. The maximum atomic E-state index is 12.4. The molecule has 3 rings (SSSR count). The first-order valence-corrected chi connectivity index (χ1v) is 7.90. The Bertz CT molecular complexity index is 652. The molecule has 2 aromatic rings. The topological polar surface area (TPSA) is 62.5 Å². The van der Waals surface area contributed by atoms with Gasteiger partial charge in [-0.2, -0.15) is 0 Å². The summed E-state index contributed by atoms with van der Waals surface area (Å²) in [6, 6.07) is 5.41. The van der Waals surface area contributed by atoms with Crippen LogP contribution in [0.2, 0.25) is 5.02 Å². The Morgan fingerprint density at radius 1 is 1.29 bits per heavy atom. The molecule has 21 heavy (non-hydrogen) atoms. The van der Waals surface area contributed by atoms with E-state index >= 15 is 0 Å². The maximum absolute atomic E-state index is 12.4. The second-order valence-corrected chi connectivity index (χ2v) is 6.12. The van der Waals surface area contributed by atoms with Gasteiger partial charge in [0.1, 0.15) is 4.88 Å². The molecule has 1 fully saturated rings. The van der Waals surface area contributed by atoms with E-state index in [4.69, 9.17) is 17.3 Å². The molecule has 0 radical (unpaired) electrons. The number of nitrogen functional groups attached to an aromatic ring is 1. The van der Waals surface area contributed by atoms with Crippen molar-refractivity contribution in [2.45, 2.75) is 0 Å². The molecule has 0 bridgehead atoms. The fraction of sp³-hybridized carbons (Fsp3) is 0.286. The average Bonchev–Trinajstić information content (AvgIpc) is 2.93. The van der Waals surface area contributed by atoms with Crippen LogP contribution in [0.25, 0.3) is 0 Å². The molecule has 0 atom stereocenters. The highest BCUT2D eigenvalue weighted by molar-refractivity contribution is 7.12. The van der Waals surface area contributed by atoms with E-state index < -0.39 is 0 Å². The van der Waals surface area contributed by atoms with Crippen LogP contribution >= 0.6 is 22.9 Å². The van der Waals surface area contributed by atoms with Gasteiger partial charge in [0, 0.05) is 32.4 Å². The van der Waals surface area contributed by atoms with Gasteiger partial charge in [0.2, 0.25) is 0 Å². The van der Waals surface area contributed by atoms with E-state index in [0.29, 0.717) is 28.7 Å². The number of thiophene rings is 1. The van der Waals surface area contributed by atoms with E-state index in [-0.39, 0.29) is 5.91 Å². The molecule has 2 N–H and O–H groups in total. The van der Waals surface area contributed by atoms with Crippen LogP contribution in [0, 0.1) is 0 Å². The molecule has 0 aliphatic carbocycles. The third-order valence-corrected chi connectivity index (χ3v) is 4.82. The van der Waals surface area contributed by atoms with Crippen LogP contribution in [0.1, 0.15) is 9.67 Å². The monoisotopic (exact) mass is 322 g/mol. The fourth-order valence-electron chi connectivity index (χ4n) is 2.38. The van der Waals surface area contributed by atoms with Gasteiger partial charge in [0.15, 0.2) is 5.82 Å². The Kier molecular flexibility index (Phi) is 3.98. The lowest BCUT2D eigenvalue weighted by Gasteiger charge is -2.35. The van der Waals surface area contributed by atoms with Crippen LogP contribution in [0.4, 0.5) is 11.5 Å². The molecule has 0 spiro atoms. The van der Waals surface area contributed by atoms with E-state index in [1.807, 2.05) is 22.4 Å². The second kappa shape index (κ2) is 5.91. The zero-order valence-electron chi connectivity index (χ0n) is 11.3. The van der Waals surface area contributed by atoms with Crippen LogP contribution < -0.4 is 10.6 Å². The van der Waals surface area contributed by atoms with Gasteiger partial charge in [-0.05, 0) is 23.6 Å². The summed E-state index contributed by atoms with van der Waals surface area (Å²) >= 11 is 7.41. The molecule has 0 unspecified atom stereocenters. The molecule has 1 saturated heterocycles. The Morgan fingerprint density at radius 3 is 2.67 bits per heavy atom. The predicted octanol–water partition coefficient (Wildman–Crippen LogP) is 2.34. The first-order valence-electron chi connectivity index (χ1n) is 6.64. The Hall–Kier alpha value is -1.79. The predicted molar refractivity (Wildman–Crippen MR) is 86.1 cm³/mol. The van der Waals surface area contributed by atoms with E-state index in [0.717, 1.165) is 18.9 Å². The molecule has 0 aromatic carbocycles. The Labute approximate surface area is 131 Å². The number of halogens is 1. The largest absolute Gasteiger partial charge is 0.396 e. The SMILES string of the molecule is Nc1cccnc1N1CCN(C(=O)c2sccc2Cl)CC1. The lowest BCUT2D eigenvalue weighted by atomic mass is 10.2. The molecule has 7 heteroatoms. The minimum Gasteiger partial charge on any atom is -0.396 e. The molecule has 2 aromatic heterocycles. The van der Waals surface area contributed by atoms with Crippen molar-refractivity contribution in [1.29, 1.82) is 0 Å². The number of hydrogen-bond donors (Lipinski definition) is 1. The van der Waals surface area contributed by atoms with Gasteiger partial charge in [-0.25, -0.2) is 4.98 Å². The minimum atomic E-state index is 0.00337. The Balaban J connectivity index is 1.67. The number of piperazine rings is 1. The molecule has 1 aliphatic rings. The standard InChI is InChI=1S/C14H15ClN4OS/c15-10-3-9-21-12(10)14(20)19-7-5-18(6-8-19)13-11(16)2-1-4-17-13/h1-4,9H,5-8,16H2.